The lowest BCUT2D eigenvalue weighted by molar-refractivity contribution is -0.433. The zero-order chi connectivity index (χ0) is 18.3. The highest BCUT2D eigenvalue weighted by Crippen LogP contribution is 2.44. The number of benzene rings is 3. The van der Waals surface area contributed by atoms with Crippen LogP contribution in [0.3, 0.4) is 0 Å². The van der Waals surface area contributed by atoms with E-state index < -0.39 is 0 Å². The zero-order valence-corrected chi connectivity index (χ0v) is 15.7. The fraction of sp³-hybridized carbons (Fsp3) is 0.208. The van der Waals surface area contributed by atoms with Crippen molar-refractivity contribution in [3.05, 3.63) is 77.9 Å². The van der Waals surface area contributed by atoms with Gasteiger partial charge in [0.25, 0.3) is 0 Å². The van der Waals surface area contributed by atoms with Crippen LogP contribution in [0.15, 0.2) is 66.7 Å². The number of allylic oxidation sites excluding steroid dienone is 1. The van der Waals surface area contributed by atoms with Crippen molar-refractivity contribution >= 4 is 33.9 Å². The normalized spacial score (nSPS) is 15.8. The second-order valence-corrected chi connectivity index (χ2v) is 7.44. The van der Waals surface area contributed by atoms with Crippen LogP contribution < -0.4 is 5.73 Å². The first-order chi connectivity index (χ1) is 12.5. The van der Waals surface area contributed by atoms with Gasteiger partial charge in [0, 0.05) is 23.4 Å². The molecule has 2 heteroatoms. The quantitative estimate of drug-likeness (QED) is 0.492. The summed E-state index contributed by atoms with van der Waals surface area (Å²) in [7, 11) is 0. The monoisotopic (exact) mass is 341 g/mol. The van der Waals surface area contributed by atoms with Gasteiger partial charge in [0.05, 0.1) is 5.41 Å². The second kappa shape index (κ2) is 6.14. The highest BCUT2D eigenvalue weighted by atomic mass is 15.0. The Labute approximate surface area is 155 Å². The van der Waals surface area contributed by atoms with E-state index in [-0.39, 0.29) is 5.41 Å². The Hall–Kier alpha value is -2.87. The molecule has 0 aromatic heterocycles. The Bertz CT molecular complexity index is 1040. The minimum absolute atomic E-state index is 0.0451. The summed E-state index contributed by atoms with van der Waals surface area (Å²) >= 11 is 0. The van der Waals surface area contributed by atoms with Gasteiger partial charge >= 0.3 is 0 Å². The standard InChI is InChI=1S/C24H24N2/c1-4-26-21-15-12-18-7-5-6-8-20(18)23(21)24(2,3)22(26)16-11-17-9-13-19(25)14-10-17/h5-16,25H,4H2,1-3H3/p+1. The summed E-state index contributed by atoms with van der Waals surface area (Å²) < 4.78 is 2.44. The number of anilines is 1. The van der Waals surface area contributed by atoms with Gasteiger partial charge in [-0.3, -0.25) is 0 Å². The van der Waals surface area contributed by atoms with Gasteiger partial charge in [-0.25, -0.2) is 0 Å². The number of nitrogen functional groups attached to an aromatic ring is 1. The molecule has 1 aliphatic rings. The summed E-state index contributed by atoms with van der Waals surface area (Å²) in [6.45, 7) is 7.83. The molecule has 0 fully saturated rings. The number of hydrogen-bond donors (Lipinski definition) is 1. The Morgan fingerprint density at radius 1 is 0.923 bits per heavy atom. The molecular weight excluding hydrogens is 316 g/mol. The van der Waals surface area contributed by atoms with Crippen LogP contribution in [0.2, 0.25) is 0 Å². The highest BCUT2D eigenvalue weighted by molar-refractivity contribution is 6.09. The molecule has 4 rings (SSSR count). The van der Waals surface area contributed by atoms with Crippen LogP contribution in [0.1, 0.15) is 31.9 Å². The van der Waals surface area contributed by atoms with Crippen molar-refractivity contribution in [3.63, 3.8) is 0 Å². The average Bonchev–Trinajstić information content (AvgIpc) is 2.87. The molecule has 1 heterocycles. The lowest BCUT2D eigenvalue weighted by Crippen LogP contribution is -2.27. The van der Waals surface area contributed by atoms with E-state index in [1.807, 2.05) is 12.1 Å². The number of rotatable bonds is 3. The maximum atomic E-state index is 5.80. The summed E-state index contributed by atoms with van der Waals surface area (Å²) in [5.74, 6) is 0. The number of nitrogens with zero attached hydrogens (tertiary/aromatic N) is 1. The van der Waals surface area contributed by atoms with Crippen molar-refractivity contribution in [1.29, 1.82) is 0 Å². The molecule has 0 unspecified atom stereocenters. The first kappa shape index (κ1) is 16.6. The maximum absolute atomic E-state index is 5.80. The fourth-order valence-electron chi connectivity index (χ4n) is 4.16. The van der Waals surface area contributed by atoms with Crippen molar-refractivity contribution in [3.8, 4) is 0 Å². The van der Waals surface area contributed by atoms with Gasteiger partial charge < -0.3 is 5.73 Å². The third kappa shape index (κ3) is 2.53. The predicted octanol–water partition coefficient (Wildman–Crippen LogP) is 5.53. The molecule has 0 saturated carbocycles. The number of nitrogens with two attached hydrogens (primary N) is 1. The van der Waals surface area contributed by atoms with Gasteiger partial charge in [0.2, 0.25) is 5.69 Å². The van der Waals surface area contributed by atoms with E-state index in [4.69, 9.17) is 5.73 Å². The Morgan fingerprint density at radius 3 is 2.38 bits per heavy atom. The van der Waals surface area contributed by atoms with Gasteiger partial charge in [0.15, 0.2) is 5.71 Å². The van der Waals surface area contributed by atoms with Gasteiger partial charge in [-0.05, 0) is 61.4 Å². The summed E-state index contributed by atoms with van der Waals surface area (Å²) in [5, 5.41) is 2.66. The van der Waals surface area contributed by atoms with E-state index >= 15 is 0 Å². The number of hydrogen-bond acceptors (Lipinski definition) is 1. The van der Waals surface area contributed by atoms with Crippen molar-refractivity contribution in [2.75, 3.05) is 12.3 Å². The first-order valence-corrected chi connectivity index (χ1v) is 9.23. The third-order valence-electron chi connectivity index (χ3n) is 5.44. The minimum atomic E-state index is -0.0451. The molecular formula is C24H25N2+. The molecule has 2 N–H and O–H groups in total. The molecule has 0 amide bonds. The van der Waals surface area contributed by atoms with Crippen LogP contribution in [0.5, 0.6) is 0 Å². The largest absolute Gasteiger partial charge is 0.399 e. The van der Waals surface area contributed by atoms with Crippen LogP contribution in [0, 0.1) is 0 Å². The van der Waals surface area contributed by atoms with Gasteiger partial charge in [-0.1, -0.05) is 36.4 Å². The average molecular weight is 341 g/mol. The van der Waals surface area contributed by atoms with Crippen LogP contribution in [-0.2, 0) is 5.41 Å². The smallest absolute Gasteiger partial charge is 0.210 e. The zero-order valence-electron chi connectivity index (χ0n) is 15.7. The Kier molecular flexibility index (Phi) is 3.91. The van der Waals surface area contributed by atoms with E-state index in [2.05, 4.69) is 86.0 Å². The van der Waals surface area contributed by atoms with Gasteiger partial charge in [-0.2, -0.15) is 4.58 Å². The molecule has 26 heavy (non-hydrogen) atoms. The topological polar surface area (TPSA) is 29.0 Å². The SMILES string of the molecule is CC[N+]1=C(/C=C/c2ccc(N)cc2)C(C)(C)c2c1ccc1ccccc21. The van der Waals surface area contributed by atoms with Crippen molar-refractivity contribution in [2.45, 2.75) is 26.2 Å². The van der Waals surface area contributed by atoms with E-state index in [1.54, 1.807) is 0 Å². The molecule has 0 saturated heterocycles. The molecule has 0 atom stereocenters. The molecule has 3 aromatic rings. The van der Waals surface area contributed by atoms with E-state index in [0.717, 1.165) is 12.2 Å². The van der Waals surface area contributed by atoms with E-state index in [9.17, 15) is 0 Å². The van der Waals surface area contributed by atoms with E-state index in [1.165, 1.54) is 33.3 Å². The molecule has 130 valence electrons. The summed E-state index contributed by atoms with van der Waals surface area (Å²) in [4.78, 5) is 0. The number of fused-ring (bicyclic) bond motifs is 3. The summed E-state index contributed by atoms with van der Waals surface area (Å²) in [6, 6.07) is 21.2. The molecule has 2 nitrogen and oxygen atoms in total. The Balaban J connectivity index is 1.86. The highest BCUT2D eigenvalue weighted by Gasteiger charge is 2.44. The molecule has 1 aliphatic heterocycles. The molecule has 3 aromatic carbocycles. The molecule has 0 aliphatic carbocycles. The van der Waals surface area contributed by atoms with Crippen LogP contribution in [-0.4, -0.2) is 16.8 Å². The van der Waals surface area contributed by atoms with Crippen LogP contribution in [0.4, 0.5) is 11.4 Å². The maximum Gasteiger partial charge on any atom is 0.210 e. The first-order valence-electron chi connectivity index (χ1n) is 9.23. The molecule has 0 bridgehead atoms. The third-order valence-corrected chi connectivity index (χ3v) is 5.44. The Morgan fingerprint density at radius 2 is 1.65 bits per heavy atom. The fourth-order valence-corrected chi connectivity index (χ4v) is 4.16. The summed E-state index contributed by atoms with van der Waals surface area (Å²) in [5.41, 5.74) is 11.8. The van der Waals surface area contributed by atoms with Gasteiger partial charge in [-0.15, -0.1) is 0 Å². The van der Waals surface area contributed by atoms with Crippen LogP contribution in [0.25, 0.3) is 16.8 Å². The van der Waals surface area contributed by atoms with Crippen LogP contribution >= 0.6 is 0 Å². The van der Waals surface area contributed by atoms with Crippen molar-refractivity contribution < 1.29 is 4.58 Å². The van der Waals surface area contributed by atoms with Crippen molar-refractivity contribution in [1.82, 2.24) is 0 Å². The lowest BCUT2D eigenvalue weighted by Gasteiger charge is -2.17. The van der Waals surface area contributed by atoms with E-state index in [0.29, 0.717) is 0 Å². The predicted molar refractivity (Wildman–Crippen MR) is 112 cm³/mol. The second-order valence-electron chi connectivity index (χ2n) is 7.44. The van der Waals surface area contributed by atoms with Crippen molar-refractivity contribution in [2.24, 2.45) is 0 Å². The molecule has 0 radical (unpaired) electrons. The lowest BCUT2D eigenvalue weighted by atomic mass is 9.79. The molecule has 0 spiro atoms. The van der Waals surface area contributed by atoms with Gasteiger partial charge in [0.1, 0.15) is 6.54 Å². The minimum Gasteiger partial charge on any atom is -0.399 e. The summed E-state index contributed by atoms with van der Waals surface area (Å²) in [6.07, 6.45) is 4.46.